The van der Waals surface area contributed by atoms with Gasteiger partial charge in [0.1, 0.15) is 24.3 Å². The van der Waals surface area contributed by atoms with Crippen molar-refractivity contribution in [2.45, 2.75) is 38.5 Å². The Morgan fingerprint density at radius 1 is 0.913 bits per heavy atom. The van der Waals surface area contributed by atoms with Crippen LogP contribution in [0.3, 0.4) is 0 Å². The summed E-state index contributed by atoms with van der Waals surface area (Å²) < 4.78 is 11.0. The summed E-state index contributed by atoms with van der Waals surface area (Å²) in [6, 6.07) is 21.1. The van der Waals surface area contributed by atoms with Crippen LogP contribution in [0, 0.1) is 0 Å². The number of imidazole rings is 1. The standard InChI is InChI=1S/C34H37Cl2N7O3/c1-3-25(2)43-33(44)42(24-38-43)29-7-5-27(6-8-29)40-16-18-41(19-17-40)28-9-11-30(12-10-28)46-22-34(45,21-39-15-14-37-23-39)31-13-4-26(35)20-32(31)36/h4-15,20,23-25,45H,3,16-19,21-22H2,1-2H3. The fourth-order valence-electron chi connectivity index (χ4n) is 5.73. The van der Waals surface area contributed by atoms with E-state index in [4.69, 9.17) is 27.9 Å². The Hall–Kier alpha value is -4.25. The number of piperazine rings is 1. The minimum atomic E-state index is -1.42. The van der Waals surface area contributed by atoms with Gasteiger partial charge in [0.15, 0.2) is 0 Å². The third-order valence-corrected chi connectivity index (χ3v) is 9.14. The van der Waals surface area contributed by atoms with Crippen LogP contribution in [-0.4, -0.2) is 61.8 Å². The zero-order valence-corrected chi connectivity index (χ0v) is 27.3. The smallest absolute Gasteiger partial charge is 0.350 e. The van der Waals surface area contributed by atoms with Gasteiger partial charge in [0.2, 0.25) is 0 Å². The molecule has 3 heterocycles. The highest BCUT2D eigenvalue weighted by atomic mass is 35.5. The topological polar surface area (TPSA) is 93.6 Å². The molecule has 10 nitrogen and oxygen atoms in total. The molecule has 2 aromatic heterocycles. The van der Waals surface area contributed by atoms with E-state index in [1.807, 2.05) is 50.2 Å². The molecule has 46 heavy (non-hydrogen) atoms. The molecule has 0 saturated carbocycles. The van der Waals surface area contributed by atoms with Crippen LogP contribution in [0.2, 0.25) is 10.0 Å². The fraction of sp³-hybridized carbons (Fsp3) is 0.324. The largest absolute Gasteiger partial charge is 0.490 e. The highest BCUT2D eigenvalue weighted by Crippen LogP contribution is 2.33. The third kappa shape index (κ3) is 6.79. The van der Waals surface area contributed by atoms with E-state index in [1.54, 1.807) is 52.4 Å². The van der Waals surface area contributed by atoms with Crippen molar-refractivity contribution in [1.29, 1.82) is 0 Å². The summed E-state index contributed by atoms with van der Waals surface area (Å²) in [5.41, 5.74) is 2.03. The fourth-order valence-corrected chi connectivity index (χ4v) is 6.31. The summed E-state index contributed by atoms with van der Waals surface area (Å²) in [6.45, 7) is 7.70. The van der Waals surface area contributed by atoms with Crippen LogP contribution in [0.25, 0.3) is 5.69 Å². The molecule has 6 rings (SSSR count). The molecule has 1 saturated heterocycles. The summed E-state index contributed by atoms with van der Waals surface area (Å²) in [4.78, 5) is 21.6. The van der Waals surface area contributed by atoms with Crippen molar-refractivity contribution < 1.29 is 9.84 Å². The summed E-state index contributed by atoms with van der Waals surface area (Å²) in [7, 11) is 0. The summed E-state index contributed by atoms with van der Waals surface area (Å²) >= 11 is 12.6. The monoisotopic (exact) mass is 661 g/mol. The van der Waals surface area contributed by atoms with Crippen LogP contribution in [0.15, 0.2) is 96.6 Å². The molecule has 1 N–H and O–H groups in total. The van der Waals surface area contributed by atoms with Gasteiger partial charge >= 0.3 is 5.69 Å². The zero-order valence-electron chi connectivity index (χ0n) is 25.8. The van der Waals surface area contributed by atoms with Gasteiger partial charge in [0.25, 0.3) is 0 Å². The normalized spacial score (nSPS) is 15.5. The van der Waals surface area contributed by atoms with Crippen molar-refractivity contribution in [1.82, 2.24) is 23.9 Å². The van der Waals surface area contributed by atoms with Crippen LogP contribution in [0.4, 0.5) is 11.4 Å². The molecule has 0 radical (unpaired) electrons. The molecule has 1 fully saturated rings. The Labute approximate surface area is 278 Å². The van der Waals surface area contributed by atoms with Crippen LogP contribution < -0.4 is 20.2 Å². The lowest BCUT2D eigenvalue weighted by Crippen LogP contribution is -2.46. The lowest BCUT2D eigenvalue weighted by atomic mass is 9.94. The molecule has 1 aliphatic rings. The molecule has 1 aliphatic heterocycles. The predicted molar refractivity (Wildman–Crippen MR) is 182 cm³/mol. The molecule has 5 aromatic rings. The molecule has 0 bridgehead atoms. The third-order valence-electron chi connectivity index (χ3n) is 8.59. The SMILES string of the molecule is CCC(C)n1ncn(-c2ccc(N3CCN(c4ccc(OCC(O)(Cn5ccnc5)c5ccc(Cl)cc5Cl)cc4)CC3)cc2)c1=O. The average Bonchev–Trinajstić information content (AvgIpc) is 3.73. The lowest BCUT2D eigenvalue weighted by Gasteiger charge is -2.37. The molecule has 0 spiro atoms. The average molecular weight is 663 g/mol. The second-order valence-corrected chi connectivity index (χ2v) is 12.5. The number of halogens is 2. The van der Waals surface area contributed by atoms with Gasteiger partial charge in [0, 0.05) is 65.6 Å². The van der Waals surface area contributed by atoms with E-state index in [-0.39, 0.29) is 24.9 Å². The lowest BCUT2D eigenvalue weighted by molar-refractivity contribution is -0.0242. The van der Waals surface area contributed by atoms with E-state index in [1.165, 1.54) is 4.68 Å². The molecular formula is C34H37Cl2N7O3. The second kappa shape index (κ2) is 13.6. The van der Waals surface area contributed by atoms with Crippen molar-refractivity contribution in [2.75, 3.05) is 42.6 Å². The molecule has 12 heteroatoms. The molecular weight excluding hydrogens is 625 g/mol. The summed E-state index contributed by atoms with van der Waals surface area (Å²) in [5, 5.41) is 16.9. The Balaban J connectivity index is 1.06. The van der Waals surface area contributed by atoms with E-state index in [2.05, 4.69) is 32.0 Å². The van der Waals surface area contributed by atoms with Gasteiger partial charge in [-0.05, 0) is 74.0 Å². The summed E-state index contributed by atoms with van der Waals surface area (Å²) in [5.74, 6) is 0.644. The number of anilines is 2. The zero-order chi connectivity index (χ0) is 32.3. The molecule has 0 amide bonds. The molecule has 2 atom stereocenters. The number of aliphatic hydroxyl groups is 1. The van der Waals surface area contributed by atoms with Crippen molar-refractivity contribution in [3.05, 3.63) is 118 Å². The van der Waals surface area contributed by atoms with E-state index in [0.717, 1.165) is 49.7 Å². The number of rotatable bonds is 11. The van der Waals surface area contributed by atoms with Crippen molar-refractivity contribution in [3.8, 4) is 11.4 Å². The van der Waals surface area contributed by atoms with E-state index in [9.17, 15) is 9.90 Å². The number of benzene rings is 3. The quantitative estimate of drug-likeness (QED) is 0.191. The maximum Gasteiger partial charge on any atom is 0.350 e. The number of nitrogens with zero attached hydrogens (tertiary/aromatic N) is 7. The molecule has 240 valence electrons. The Morgan fingerprint density at radius 2 is 1.54 bits per heavy atom. The van der Waals surface area contributed by atoms with Gasteiger partial charge in [0.05, 0.1) is 24.6 Å². The van der Waals surface area contributed by atoms with Gasteiger partial charge < -0.3 is 24.2 Å². The summed E-state index contributed by atoms with van der Waals surface area (Å²) in [6.07, 6.45) is 7.53. The maximum atomic E-state index is 12.8. The van der Waals surface area contributed by atoms with Crippen molar-refractivity contribution in [3.63, 3.8) is 0 Å². The maximum absolute atomic E-state index is 12.8. The van der Waals surface area contributed by atoms with Crippen molar-refractivity contribution >= 4 is 34.6 Å². The van der Waals surface area contributed by atoms with Crippen LogP contribution >= 0.6 is 23.2 Å². The molecule has 2 unspecified atom stereocenters. The Kier molecular flexibility index (Phi) is 9.39. The Morgan fingerprint density at radius 3 is 2.13 bits per heavy atom. The minimum Gasteiger partial charge on any atom is -0.490 e. The first kappa shape index (κ1) is 31.7. The van der Waals surface area contributed by atoms with Crippen LogP contribution in [0.5, 0.6) is 5.75 Å². The van der Waals surface area contributed by atoms with Crippen molar-refractivity contribution in [2.24, 2.45) is 0 Å². The van der Waals surface area contributed by atoms with Crippen LogP contribution in [0.1, 0.15) is 31.9 Å². The van der Waals surface area contributed by atoms with Crippen LogP contribution in [-0.2, 0) is 12.1 Å². The number of aromatic nitrogens is 5. The minimum absolute atomic E-state index is 0.0157. The number of hydrogen-bond donors (Lipinski definition) is 1. The predicted octanol–water partition coefficient (Wildman–Crippen LogP) is 5.80. The molecule has 0 aliphatic carbocycles. The molecule has 3 aromatic carbocycles. The van der Waals surface area contributed by atoms with Gasteiger partial charge in [-0.15, -0.1) is 0 Å². The number of hydrogen-bond acceptors (Lipinski definition) is 7. The first-order valence-corrected chi connectivity index (χ1v) is 16.1. The van der Waals surface area contributed by atoms with Gasteiger partial charge in [-0.3, -0.25) is 0 Å². The second-order valence-electron chi connectivity index (χ2n) is 11.6. The Bertz CT molecular complexity index is 1800. The first-order valence-electron chi connectivity index (χ1n) is 15.4. The van der Waals surface area contributed by atoms with E-state index >= 15 is 0 Å². The van der Waals surface area contributed by atoms with E-state index < -0.39 is 5.60 Å². The van der Waals surface area contributed by atoms with E-state index in [0.29, 0.717) is 21.4 Å². The highest BCUT2D eigenvalue weighted by molar-refractivity contribution is 6.35. The number of ether oxygens (including phenoxy) is 1. The van der Waals surface area contributed by atoms with Gasteiger partial charge in [-0.2, -0.15) is 5.10 Å². The van der Waals surface area contributed by atoms with Gasteiger partial charge in [-0.25, -0.2) is 19.0 Å². The van der Waals surface area contributed by atoms with Gasteiger partial charge in [-0.1, -0.05) is 36.2 Å². The first-order chi connectivity index (χ1) is 22.2. The highest BCUT2D eigenvalue weighted by Gasteiger charge is 2.33.